The number of benzene rings is 1. The van der Waals surface area contributed by atoms with E-state index >= 15 is 0 Å². The number of ether oxygens (including phenoxy) is 2. The van der Waals surface area contributed by atoms with Crippen LogP contribution in [0.1, 0.15) is 19.4 Å². The van der Waals surface area contributed by atoms with E-state index in [-0.39, 0.29) is 18.6 Å². The molecule has 0 aliphatic rings. The van der Waals surface area contributed by atoms with Crippen molar-refractivity contribution in [3.8, 4) is 5.75 Å². The molecule has 1 rings (SSSR count). The number of carbonyl (C=O) groups excluding carboxylic acids is 1. The van der Waals surface area contributed by atoms with Gasteiger partial charge in [-0.25, -0.2) is 0 Å². The molecule has 0 saturated heterocycles. The van der Waals surface area contributed by atoms with Crippen molar-refractivity contribution < 1.29 is 14.3 Å². The fraction of sp³-hybridized carbons (Fsp3) is 0.462. The van der Waals surface area contributed by atoms with Crippen molar-refractivity contribution >= 4 is 11.6 Å². The zero-order valence-corrected chi connectivity index (χ0v) is 10.7. The molecule has 1 amide bonds. The van der Waals surface area contributed by atoms with Crippen LogP contribution in [0.15, 0.2) is 18.2 Å². The minimum atomic E-state index is -0.178. The van der Waals surface area contributed by atoms with Gasteiger partial charge in [-0.1, -0.05) is 6.07 Å². The van der Waals surface area contributed by atoms with E-state index in [1.54, 1.807) is 7.11 Å². The lowest BCUT2D eigenvalue weighted by Gasteiger charge is -2.12. The number of carbonyl (C=O) groups is 1. The maximum Gasteiger partial charge on any atom is 0.250 e. The summed E-state index contributed by atoms with van der Waals surface area (Å²) in [5.41, 5.74) is 1.73. The SMILES string of the molecule is COc1ccc(C)cc1NC(=O)COC(C)C. The summed E-state index contributed by atoms with van der Waals surface area (Å²) in [6.07, 6.45) is 0.0418. The Morgan fingerprint density at radius 1 is 1.41 bits per heavy atom. The molecule has 0 aliphatic carbocycles. The Hall–Kier alpha value is -1.55. The van der Waals surface area contributed by atoms with Crippen LogP contribution < -0.4 is 10.1 Å². The molecule has 4 nitrogen and oxygen atoms in total. The van der Waals surface area contributed by atoms with Crippen molar-refractivity contribution in [1.82, 2.24) is 0 Å². The lowest BCUT2D eigenvalue weighted by molar-refractivity contribution is -0.121. The molecule has 0 heterocycles. The Morgan fingerprint density at radius 3 is 2.71 bits per heavy atom. The number of aryl methyl sites for hydroxylation is 1. The van der Waals surface area contributed by atoms with Gasteiger partial charge in [0, 0.05) is 0 Å². The molecule has 0 unspecified atom stereocenters. The molecule has 0 radical (unpaired) electrons. The monoisotopic (exact) mass is 237 g/mol. The standard InChI is InChI=1S/C13H19NO3/c1-9(2)17-8-13(15)14-11-7-10(3)5-6-12(11)16-4/h5-7,9H,8H2,1-4H3,(H,14,15). The molecule has 17 heavy (non-hydrogen) atoms. The molecule has 1 N–H and O–H groups in total. The summed E-state index contributed by atoms with van der Waals surface area (Å²) in [6.45, 7) is 5.79. The van der Waals surface area contributed by atoms with Gasteiger partial charge in [-0.15, -0.1) is 0 Å². The first-order valence-corrected chi connectivity index (χ1v) is 5.59. The highest BCUT2D eigenvalue weighted by Crippen LogP contribution is 2.24. The zero-order chi connectivity index (χ0) is 12.8. The van der Waals surface area contributed by atoms with Gasteiger partial charge < -0.3 is 14.8 Å². The molecule has 1 aromatic carbocycles. The van der Waals surface area contributed by atoms with Gasteiger partial charge in [-0.2, -0.15) is 0 Å². The summed E-state index contributed by atoms with van der Waals surface area (Å²) in [7, 11) is 1.57. The quantitative estimate of drug-likeness (QED) is 0.855. The molecule has 0 aromatic heterocycles. The van der Waals surface area contributed by atoms with Crippen LogP contribution in [0, 0.1) is 6.92 Å². The van der Waals surface area contributed by atoms with Crippen LogP contribution >= 0.6 is 0 Å². The molecular formula is C13H19NO3. The molecule has 0 saturated carbocycles. The summed E-state index contributed by atoms with van der Waals surface area (Å²) in [5, 5.41) is 2.77. The van der Waals surface area contributed by atoms with Gasteiger partial charge in [0.25, 0.3) is 0 Å². The predicted octanol–water partition coefficient (Wildman–Crippen LogP) is 2.37. The molecule has 4 heteroatoms. The van der Waals surface area contributed by atoms with Crippen LogP contribution in [0.5, 0.6) is 5.75 Å². The maximum atomic E-state index is 11.6. The molecule has 0 fully saturated rings. The highest BCUT2D eigenvalue weighted by molar-refractivity contribution is 5.93. The fourth-order valence-corrected chi connectivity index (χ4v) is 1.35. The van der Waals surface area contributed by atoms with E-state index in [0.717, 1.165) is 5.56 Å². The second kappa shape index (κ2) is 6.25. The van der Waals surface area contributed by atoms with E-state index < -0.39 is 0 Å². The first-order valence-electron chi connectivity index (χ1n) is 5.59. The average molecular weight is 237 g/mol. The van der Waals surface area contributed by atoms with Crippen LogP contribution in [0.2, 0.25) is 0 Å². The average Bonchev–Trinajstić information content (AvgIpc) is 2.27. The zero-order valence-electron chi connectivity index (χ0n) is 10.7. The van der Waals surface area contributed by atoms with E-state index in [0.29, 0.717) is 11.4 Å². The van der Waals surface area contributed by atoms with Crippen molar-refractivity contribution in [3.05, 3.63) is 23.8 Å². The predicted molar refractivity (Wildman–Crippen MR) is 67.4 cm³/mol. The first kappa shape index (κ1) is 13.5. The topological polar surface area (TPSA) is 47.6 Å². The third-order valence-corrected chi connectivity index (χ3v) is 2.18. The summed E-state index contributed by atoms with van der Waals surface area (Å²) < 4.78 is 10.4. The van der Waals surface area contributed by atoms with Crippen LogP contribution in [0.25, 0.3) is 0 Å². The second-order valence-corrected chi connectivity index (χ2v) is 4.11. The Labute approximate surface area is 102 Å². The Kier molecular flexibility index (Phi) is 4.97. The molecule has 0 aliphatic heterocycles. The van der Waals surface area contributed by atoms with Crippen molar-refractivity contribution in [3.63, 3.8) is 0 Å². The molecule has 0 atom stereocenters. The third-order valence-electron chi connectivity index (χ3n) is 2.18. The van der Waals surface area contributed by atoms with Gasteiger partial charge in [0.05, 0.1) is 18.9 Å². The smallest absolute Gasteiger partial charge is 0.250 e. The minimum Gasteiger partial charge on any atom is -0.495 e. The number of methoxy groups -OCH3 is 1. The highest BCUT2D eigenvalue weighted by Gasteiger charge is 2.08. The van der Waals surface area contributed by atoms with Crippen LogP contribution in [0.4, 0.5) is 5.69 Å². The largest absolute Gasteiger partial charge is 0.495 e. The van der Waals surface area contributed by atoms with E-state index in [4.69, 9.17) is 9.47 Å². The van der Waals surface area contributed by atoms with E-state index in [9.17, 15) is 4.79 Å². The third kappa shape index (κ3) is 4.44. The van der Waals surface area contributed by atoms with Crippen LogP contribution in [-0.2, 0) is 9.53 Å². The molecule has 1 aromatic rings. The first-order chi connectivity index (χ1) is 8.02. The minimum absolute atomic E-state index is 0.0418. The summed E-state index contributed by atoms with van der Waals surface area (Å²) in [6, 6.07) is 5.62. The lowest BCUT2D eigenvalue weighted by atomic mass is 10.2. The normalized spacial score (nSPS) is 10.4. The van der Waals surface area contributed by atoms with Gasteiger partial charge in [-0.05, 0) is 38.5 Å². The molecular weight excluding hydrogens is 218 g/mol. The Balaban J connectivity index is 2.66. The fourth-order valence-electron chi connectivity index (χ4n) is 1.35. The number of rotatable bonds is 5. The van der Waals surface area contributed by atoms with E-state index in [1.807, 2.05) is 39.0 Å². The van der Waals surface area contributed by atoms with Crippen molar-refractivity contribution in [1.29, 1.82) is 0 Å². The van der Waals surface area contributed by atoms with E-state index in [1.165, 1.54) is 0 Å². The highest BCUT2D eigenvalue weighted by atomic mass is 16.5. The number of hydrogen-bond donors (Lipinski definition) is 1. The van der Waals surface area contributed by atoms with Crippen molar-refractivity contribution in [2.24, 2.45) is 0 Å². The van der Waals surface area contributed by atoms with Crippen molar-refractivity contribution in [2.75, 3.05) is 19.0 Å². The summed E-state index contributed by atoms with van der Waals surface area (Å²) in [4.78, 5) is 11.6. The number of amides is 1. The molecule has 0 bridgehead atoms. The summed E-state index contributed by atoms with van der Waals surface area (Å²) >= 11 is 0. The van der Waals surface area contributed by atoms with Gasteiger partial charge in [0.1, 0.15) is 12.4 Å². The van der Waals surface area contributed by atoms with Crippen LogP contribution in [0.3, 0.4) is 0 Å². The lowest BCUT2D eigenvalue weighted by Crippen LogP contribution is -2.21. The van der Waals surface area contributed by atoms with Crippen LogP contribution in [-0.4, -0.2) is 25.7 Å². The second-order valence-electron chi connectivity index (χ2n) is 4.11. The van der Waals surface area contributed by atoms with Crippen molar-refractivity contribution in [2.45, 2.75) is 26.9 Å². The maximum absolute atomic E-state index is 11.6. The number of anilines is 1. The number of hydrogen-bond acceptors (Lipinski definition) is 3. The Bertz CT molecular complexity index is 388. The molecule has 94 valence electrons. The van der Waals surface area contributed by atoms with Gasteiger partial charge in [0.15, 0.2) is 0 Å². The Morgan fingerprint density at radius 2 is 2.12 bits per heavy atom. The van der Waals surface area contributed by atoms with Gasteiger partial charge in [-0.3, -0.25) is 4.79 Å². The molecule has 0 spiro atoms. The summed E-state index contributed by atoms with van der Waals surface area (Å²) in [5.74, 6) is 0.469. The van der Waals surface area contributed by atoms with Gasteiger partial charge >= 0.3 is 0 Å². The van der Waals surface area contributed by atoms with Gasteiger partial charge in [0.2, 0.25) is 5.91 Å². The number of nitrogens with one attached hydrogen (secondary N) is 1. The van der Waals surface area contributed by atoms with E-state index in [2.05, 4.69) is 5.32 Å².